The van der Waals surface area contributed by atoms with Gasteiger partial charge in [-0.2, -0.15) is 20.2 Å². The van der Waals surface area contributed by atoms with Crippen LogP contribution in [0.5, 0.6) is 0 Å². The van der Waals surface area contributed by atoms with Crippen molar-refractivity contribution in [2.24, 2.45) is 5.92 Å². The normalized spacial score (nSPS) is 13.7. The van der Waals surface area contributed by atoms with Gasteiger partial charge in [0.15, 0.2) is 0 Å². The SMILES string of the molecule is CCC(C#N)(CC(C)C)Nc1nc(Cl)nc(NC)n1. The van der Waals surface area contributed by atoms with Gasteiger partial charge >= 0.3 is 0 Å². The maximum atomic E-state index is 9.45. The summed E-state index contributed by atoms with van der Waals surface area (Å²) in [5, 5.41) is 15.4. The number of halogens is 1. The van der Waals surface area contributed by atoms with Gasteiger partial charge < -0.3 is 10.6 Å². The summed E-state index contributed by atoms with van der Waals surface area (Å²) in [5.41, 5.74) is -0.691. The minimum absolute atomic E-state index is 0.0920. The Kier molecular flexibility index (Phi) is 5.31. The zero-order chi connectivity index (χ0) is 14.5. The first-order valence-electron chi connectivity index (χ1n) is 6.23. The summed E-state index contributed by atoms with van der Waals surface area (Å²) in [6, 6.07) is 2.33. The average molecular weight is 283 g/mol. The third-order valence-electron chi connectivity index (χ3n) is 2.76. The molecule has 7 heteroatoms. The van der Waals surface area contributed by atoms with Crippen molar-refractivity contribution < 1.29 is 0 Å². The molecule has 104 valence electrons. The Morgan fingerprint density at radius 3 is 2.42 bits per heavy atom. The van der Waals surface area contributed by atoms with Crippen molar-refractivity contribution in [1.29, 1.82) is 5.26 Å². The van der Waals surface area contributed by atoms with E-state index in [-0.39, 0.29) is 5.28 Å². The molecule has 1 atom stereocenters. The number of hydrogen-bond donors (Lipinski definition) is 2. The lowest BCUT2D eigenvalue weighted by atomic mass is 9.88. The molecule has 1 rings (SSSR count). The highest BCUT2D eigenvalue weighted by molar-refractivity contribution is 6.28. The van der Waals surface area contributed by atoms with Crippen molar-refractivity contribution in [3.63, 3.8) is 0 Å². The molecule has 6 nitrogen and oxygen atoms in total. The molecule has 0 aliphatic carbocycles. The van der Waals surface area contributed by atoms with Crippen LogP contribution in [0.2, 0.25) is 5.28 Å². The Labute approximate surface area is 118 Å². The van der Waals surface area contributed by atoms with Crippen LogP contribution < -0.4 is 10.6 Å². The molecule has 1 heterocycles. The van der Waals surface area contributed by atoms with Gasteiger partial charge in [0.2, 0.25) is 17.2 Å². The first-order valence-corrected chi connectivity index (χ1v) is 6.61. The molecule has 0 saturated carbocycles. The molecule has 0 bridgehead atoms. The van der Waals surface area contributed by atoms with Crippen LogP contribution in [-0.4, -0.2) is 27.5 Å². The average Bonchev–Trinajstić information content (AvgIpc) is 2.36. The molecule has 0 aromatic carbocycles. The number of nitrogens with zero attached hydrogens (tertiary/aromatic N) is 4. The highest BCUT2D eigenvalue weighted by atomic mass is 35.5. The summed E-state index contributed by atoms with van der Waals surface area (Å²) in [7, 11) is 1.70. The van der Waals surface area contributed by atoms with Crippen molar-refractivity contribution in [3.8, 4) is 6.07 Å². The predicted molar refractivity (Wildman–Crippen MR) is 76.1 cm³/mol. The summed E-state index contributed by atoms with van der Waals surface area (Å²) in [4.78, 5) is 12.1. The van der Waals surface area contributed by atoms with Crippen LogP contribution in [0, 0.1) is 17.2 Å². The molecular weight excluding hydrogens is 264 g/mol. The monoisotopic (exact) mass is 282 g/mol. The second-order valence-electron chi connectivity index (χ2n) is 4.77. The van der Waals surface area contributed by atoms with E-state index >= 15 is 0 Å². The van der Waals surface area contributed by atoms with Gasteiger partial charge in [-0.3, -0.25) is 0 Å². The fraction of sp³-hybridized carbons (Fsp3) is 0.667. The second-order valence-corrected chi connectivity index (χ2v) is 5.11. The molecule has 1 aromatic heterocycles. The van der Waals surface area contributed by atoms with Crippen LogP contribution >= 0.6 is 11.6 Å². The van der Waals surface area contributed by atoms with Gasteiger partial charge in [-0.05, 0) is 30.4 Å². The Morgan fingerprint density at radius 2 is 1.95 bits per heavy atom. The van der Waals surface area contributed by atoms with E-state index in [1.807, 2.05) is 6.92 Å². The Bertz CT molecular complexity index is 470. The van der Waals surface area contributed by atoms with E-state index in [0.29, 0.717) is 30.7 Å². The summed E-state index contributed by atoms with van der Waals surface area (Å²) >= 11 is 5.82. The number of hydrogen-bond acceptors (Lipinski definition) is 6. The molecular formula is C12H19ClN6. The van der Waals surface area contributed by atoms with Crippen molar-refractivity contribution in [2.45, 2.75) is 39.2 Å². The number of anilines is 2. The molecule has 0 spiro atoms. The first-order chi connectivity index (χ1) is 8.94. The third-order valence-corrected chi connectivity index (χ3v) is 2.93. The minimum atomic E-state index is -0.691. The van der Waals surface area contributed by atoms with E-state index in [0.717, 1.165) is 0 Å². The van der Waals surface area contributed by atoms with E-state index in [1.54, 1.807) is 7.05 Å². The molecule has 0 aliphatic heterocycles. The summed E-state index contributed by atoms with van der Waals surface area (Å²) in [6.45, 7) is 6.10. The maximum absolute atomic E-state index is 9.45. The largest absolute Gasteiger partial charge is 0.357 e. The van der Waals surface area contributed by atoms with Gasteiger partial charge in [0, 0.05) is 7.05 Å². The van der Waals surface area contributed by atoms with Gasteiger partial charge in [0.1, 0.15) is 5.54 Å². The quantitative estimate of drug-likeness (QED) is 0.834. The Hall–Kier alpha value is -1.61. The van der Waals surface area contributed by atoms with Gasteiger partial charge in [0.25, 0.3) is 0 Å². The fourth-order valence-electron chi connectivity index (χ4n) is 1.87. The minimum Gasteiger partial charge on any atom is -0.357 e. The van der Waals surface area contributed by atoms with Crippen LogP contribution in [0.25, 0.3) is 0 Å². The van der Waals surface area contributed by atoms with Crippen LogP contribution in [0.4, 0.5) is 11.9 Å². The van der Waals surface area contributed by atoms with Gasteiger partial charge in [-0.25, -0.2) is 0 Å². The number of nitrogens with one attached hydrogen (secondary N) is 2. The summed E-state index contributed by atoms with van der Waals surface area (Å²) < 4.78 is 0. The van der Waals surface area contributed by atoms with Crippen LogP contribution in [0.1, 0.15) is 33.6 Å². The van der Waals surface area contributed by atoms with E-state index in [4.69, 9.17) is 11.6 Å². The van der Waals surface area contributed by atoms with Gasteiger partial charge in [0.05, 0.1) is 6.07 Å². The van der Waals surface area contributed by atoms with Gasteiger partial charge in [-0.1, -0.05) is 20.8 Å². The molecule has 19 heavy (non-hydrogen) atoms. The Morgan fingerprint density at radius 1 is 1.32 bits per heavy atom. The van der Waals surface area contributed by atoms with E-state index in [1.165, 1.54) is 0 Å². The molecule has 0 fully saturated rings. The lowest BCUT2D eigenvalue weighted by Gasteiger charge is -2.28. The van der Waals surface area contributed by atoms with Crippen molar-refractivity contribution in [2.75, 3.05) is 17.7 Å². The van der Waals surface area contributed by atoms with E-state index in [9.17, 15) is 5.26 Å². The van der Waals surface area contributed by atoms with E-state index in [2.05, 4.69) is 45.5 Å². The standard InChI is InChI=1S/C12H19ClN6/c1-5-12(7-14,6-8(2)3)19-11-17-9(13)16-10(15-4)18-11/h8H,5-6H2,1-4H3,(H2,15,16,17,18,19). The molecule has 1 unspecified atom stereocenters. The molecule has 2 N–H and O–H groups in total. The van der Waals surface area contributed by atoms with Crippen LogP contribution in [0.15, 0.2) is 0 Å². The van der Waals surface area contributed by atoms with E-state index < -0.39 is 5.54 Å². The number of rotatable bonds is 6. The number of nitriles is 1. The lowest BCUT2D eigenvalue weighted by Crippen LogP contribution is -2.38. The summed E-state index contributed by atoms with van der Waals surface area (Å²) in [6.07, 6.45) is 1.36. The smallest absolute Gasteiger partial charge is 0.230 e. The zero-order valence-corrected chi connectivity index (χ0v) is 12.4. The second kappa shape index (κ2) is 6.53. The fourth-order valence-corrected chi connectivity index (χ4v) is 2.03. The number of aromatic nitrogens is 3. The maximum Gasteiger partial charge on any atom is 0.230 e. The molecule has 0 amide bonds. The van der Waals surface area contributed by atoms with Crippen molar-refractivity contribution in [3.05, 3.63) is 5.28 Å². The zero-order valence-electron chi connectivity index (χ0n) is 11.7. The molecule has 0 saturated heterocycles. The van der Waals surface area contributed by atoms with Gasteiger partial charge in [-0.15, -0.1) is 0 Å². The predicted octanol–water partition coefficient (Wildman–Crippen LogP) is 2.70. The van der Waals surface area contributed by atoms with Crippen LogP contribution in [-0.2, 0) is 0 Å². The molecule has 0 aliphatic rings. The highest BCUT2D eigenvalue weighted by Crippen LogP contribution is 2.24. The Balaban J connectivity index is 3.03. The highest BCUT2D eigenvalue weighted by Gasteiger charge is 2.30. The third kappa shape index (κ3) is 4.21. The topological polar surface area (TPSA) is 86.5 Å². The molecule has 0 radical (unpaired) electrons. The lowest BCUT2D eigenvalue weighted by molar-refractivity contribution is 0.433. The van der Waals surface area contributed by atoms with Crippen molar-refractivity contribution >= 4 is 23.5 Å². The first kappa shape index (κ1) is 15.4. The van der Waals surface area contributed by atoms with Crippen LogP contribution in [0.3, 0.4) is 0 Å². The molecule has 1 aromatic rings. The summed E-state index contributed by atoms with van der Waals surface area (Å²) in [5.74, 6) is 1.07. The van der Waals surface area contributed by atoms with Crippen molar-refractivity contribution in [1.82, 2.24) is 15.0 Å².